The van der Waals surface area contributed by atoms with E-state index in [1.807, 2.05) is 12.1 Å². The maximum atomic E-state index is 8.78. The van der Waals surface area contributed by atoms with Gasteiger partial charge in [0, 0.05) is 6.07 Å². The Bertz CT molecular complexity index is 430. The second kappa shape index (κ2) is 5.42. The van der Waals surface area contributed by atoms with Crippen molar-refractivity contribution in [3.63, 3.8) is 0 Å². The first kappa shape index (κ1) is 12.3. The molecular weight excluding hydrogens is 234 g/mol. The van der Waals surface area contributed by atoms with Gasteiger partial charge in [-0.25, -0.2) is 0 Å². The van der Waals surface area contributed by atoms with Gasteiger partial charge in [-0.3, -0.25) is 0 Å². The number of ether oxygens (including phenoxy) is 1. The van der Waals surface area contributed by atoms with Crippen LogP contribution >= 0.6 is 11.6 Å². The summed E-state index contributed by atoms with van der Waals surface area (Å²) in [6, 6.07) is 7.31. The van der Waals surface area contributed by atoms with Gasteiger partial charge in [0.05, 0.1) is 16.7 Å². The van der Waals surface area contributed by atoms with Crippen LogP contribution in [0, 0.1) is 17.2 Å². The summed E-state index contributed by atoms with van der Waals surface area (Å²) in [5.41, 5.74) is 0.497. The molecule has 1 aliphatic carbocycles. The lowest BCUT2D eigenvalue weighted by Gasteiger charge is -2.26. The second-order valence-corrected chi connectivity index (χ2v) is 5.16. The quantitative estimate of drug-likeness (QED) is 0.788. The average molecular weight is 250 g/mol. The van der Waals surface area contributed by atoms with Gasteiger partial charge >= 0.3 is 0 Å². The molecule has 0 spiro atoms. The SMILES string of the molecule is CC1CCC(Oc2ccc(C#N)c(Cl)c2)CC1. The van der Waals surface area contributed by atoms with E-state index in [9.17, 15) is 0 Å². The van der Waals surface area contributed by atoms with Crippen LogP contribution in [0.3, 0.4) is 0 Å². The highest BCUT2D eigenvalue weighted by Gasteiger charge is 2.19. The monoisotopic (exact) mass is 249 g/mol. The van der Waals surface area contributed by atoms with Crippen LogP contribution in [0.4, 0.5) is 0 Å². The minimum atomic E-state index is 0.301. The Kier molecular flexibility index (Phi) is 3.91. The van der Waals surface area contributed by atoms with E-state index in [0.717, 1.165) is 24.5 Å². The van der Waals surface area contributed by atoms with Crippen molar-refractivity contribution < 1.29 is 4.74 Å². The first-order valence-corrected chi connectivity index (χ1v) is 6.43. The molecule has 90 valence electrons. The average Bonchev–Trinajstić information content (AvgIpc) is 2.32. The molecule has 0 saturated heterocycles. The Morgan fingerprint density at radius 2 is 2.00 bits per heavy atom. The number of hydrogen-bond donors (Lipinski definition) is 0. The van der Waals surface area contributed by atoms with E-state index in [1.165, 1.54) is 12.8 Å². The number of nitriles is 1. The van der Waals surface area contributed by atoms with E-state index in [0.29, 0.717) is 16.7 Å². The van der Waals surface area contributed by atoms with Crippen molar-refractivity contribution in [1.82, 2.24) is 0 Å². The van der Waals surface area contributed by atoms with Gasteiger partial charge in [0.2, 0.25) is 0 Å². The normalized spacial score (nSPS) is 24.1. The molecule has 0 amide bonds. The van der Waals surface area contributed by atoms with Crippen molar-refractivity contribution >= 4 is 11.6 Å². The summed E-state index contributed by atoms with van der Waals surface area (Å²) in [6.07, 6.45) is 4.98. The second-order valence-electron chi connectivity index (χ2n) is 4.75. The molecule has 2 nitrogen and oxygen atoms in total. The van der Waals surface area contributed by atoms with Crippen LogP contribution in [0.1, 0.15) is 38.2 Å². The molecule has 17 heavy (non-hydrogen) atoms. The molecular formula is C14H16ClNO. The molecule has 1 aliphatic rings. The first-order valence-electron chi connectivity index (χ1n) is 6.05. The topological polar surface area (TPSA) is 33.0 Å². The molecule has 0 aliphatic heterocycles. The van der Waals surface area contributed by atoms with E-state index in [2.05, 4.69) is 6.92 Å². The van der Waals surface area contributed by atoms with Crippen molar-refractivity contribution in [2.75, 3.05) is 0 Å². The summed E-state index contributed by atoms with van der Waals surface area (Å²) in [5, 5.41) is 9.25. The van der Waals surface area contributed by atoms with E-state index in [1.54, 1.807) is 12.1 Å². The number of benzene rings is 1. The van der Waals surface area contributed by atoms with Crippen LogP contribution in [0.5, 0.6) is 5.75 Å². The maximum Gasteiger partial charge on any atom is 0.121 e. The zero-order valence-electron chi connectivity index (χ0n) is 9.95. The highest BCUT2D eigenvalue weighted by atomic mass is 35.5. The Hall–Kier alpha value is -1.20. The highest BCUT2D eigenvalue weighted by Crippen LogP contribution is 2.29. The summed E-state index contributed by atoms with van der Waals surface area (Å²) in [6.45, 7) is 2.29. The van der Waals surface area contributed by atoms with Crippen LogP contribution in [0.25, 0.3) is 0 Å². The van der Waals surface area contributed by atoms with Crippen LogP contribution in [0.2, 0.25) is 5.02 Å². The Labute approximate surface area is 107 Å². The van der Waals surface area contributed by atoms with Crippen LogP contribution in [0.15, 0.2) is 18.2 Å². The summed E-state index contributed by atoms with van der Waals surface area (Å²) >= 11 is 5.97. The van der Waals surface area contributed by atoms with E-state index < -0.39 is 0 Å². The third-order valence-electron chi connectivity index (χ3n) is 3.33. The molecule has 0 heterocycles. The van der Waals surface area contributed by atoms with Crippen LogP contribution < -0.4 is 4.74 Å². The van der Waals surface area contributed by atoms with Crippen molar-refractivity contribution in [2.45, 2.75) is 38.7 Å². The van der Waals surface area contributed by atoms with Crippen molar-refractivity contribution in [3.8, 4) is 11.8 Å². The van der Waals surface area contributed by atoms with Gasteiger partial charge in [0.15, 0.2) is 0 Å². The molecule has 1 aromatic carbocycles. The van der Waals surface area contributed by atoms with Gasteiger partial charge in [-0.05, 0) is 43.7 Å². The number of rotatable bonds is 2. The number of nitrogens with zero attached hydrogens (tertiary/aromatic N) is 1. The molecule has 1 aromatic rings. The van der Waals surface area contributed by atoms with Gasteiger partial charge in [-0.15, -0.1) is 0 Å². The lowest BCUT2D eigenvalue weighted by Crippen LogP contribution is -2.22. The standard InChI is InChI=1S/C14H16ClNO/c1-10-2-5-12(6-3-10)17-13-7-4-11(9-16)14(15)8-13/h4,7-8,10,12H,2-3,5-6H2,1H3. The van der Waals surface area contributed by atoms with Crippen LogP contribution in [-0.2, 0) is 0 Å². The lowest BCUT2D eigenvalue weighted by atomic mass is 9.89. The zero-order valence-corrected chi connectivity index (χ0v) is 10.7. The number of hydrogen-bond acceptors (Lipinski definition) is 2. The third-order valence-corrected chi connectivity index (χ3v) is 3.64. The molecule has 0 atom stereocenters. The molecule has 0 radical (unpaired) electrons. The van der Waals surface area contributed by atoms with Crippen molar-refractivity contribution in [2.24, 2.45) is 5.92 Å². The minimum Gasteiger partial charge on any atom is -0.490 e. The fraction of sp³-hybridized carbons (Fsp3) is 0.500. The van der Waals surface area contributed by atoms with E-state index >= 15 is 0 Å². The Morgan fingerprint density at radius 1 is 1.29 bits per heavy atom. The summed E-state index contributed by atoms with van der Waals surface area (Å²) in [5.74, 6) is 1.59. The van der Waals surface area contributed by atoms with Gasteiger partial charge < -0.3 is 4.74 Å². The predicted octanol–water partition coefficient (Wildman–Crippen LogP) is 4.17. The molecule has 0 aromatic heterocycles. The van der Waals surface area contributed by atoms with Crippen molar-refractivity contribution in [1.29, 1.82) is 5.26 Å². The lowest BCUT2D eigenvalue weighted by molar-refractivity contribution is 0.135. The summed E-state index contributed by atoms with van der Waals surface area (Å²) in [4.78, 5) is 0. The van der Waals surface area contributed by atoms with E-state index in [-0.39, 0.29) is 0 Å². The van der Waals surface area contributed by atoms with Crippen molar-refractivity contribution in [3.05, 3.63) is 28.8 Å². The third kappa shape index (κ3) is 3.14. The Morgan fingerprint density at radius 3 is 2.59 bits per heavy atom. The van der Waals surface area contributed by atoms with Gasteiger partial charge in [0.25, 0.3) is 0 Å². The highest BCUT2D eigenvalue weighted by molar-refractivity contribution is 6.31. The molecule has 0 unspecified atom stereocenters. The van der Waals surface area contributed by atoms with E-state index in [4.69, 9.17) is 21.6 Å². The summed E-state index contributed by atoms with van der Waals surface area (Å²) < 4.78 is 5.89. The van der Waals surface area contributed by atoms with Gasteiger partial charge in [-0.2, -0.15) is 5.26 Å². The molecule has 2 rings (SSSR count). The fourth-order valence-corrected chi connectivity index (χ4v) is 2.41. The summed E-state index contributed by atoms with van der Waals surface area (Å²) in [7, 11) is 0. The predicted molar refractivity (Wildman–Crippen MR) is 68.2 cm³/mol. The fourth-order valence-electron chi connectivity index (χ4n) is 2.20. The largest absolute Gasteiger partial charge is 0.490 e. The first-order chi connectivity index (χ1) is 8.19. The molecule has 0 bridgehead atoms. The smallest absolute Gasteiger partial charge is 0.121 e. The minimum absolute atomic E-state index is 0.301. The maximum absolute atomic E-state index is 8.78. The van der Waals surface area contributed by atoms with Gasteiger partial charge in [-0.1, -0.05) is 18.5 Å². The molecule has 0 N–H and O–H groups in total. The van der Waals surface area contributed by atoms with Crippen LogP contribution in [-0.4, -0.2) is 6.10 Å². The zero-order chi connectivity index (χ0) is 12.3. The van der Waals surface area contributed by atoms with Gasteiger partial charge in [0.1, 0.15) is 11.8 Å². The molecule has 3 heteroatoms. The molecule has 1 saturated carbocycles. The Balaban J connectivity index is 2.00. The number of halogens is 1. The molecule has 1 fully saturated rings.